The molecular formula is C21H26N2O4. The van der Waals surface area contributed by atoms with Gasteiger partial charge in [-0.2, -0.15) is 0 Å². The highest BCUT2D eigenvalue weighted by atomic mass is 16.5. The fraction of sp³-hybridized carbons (Fsp3) is 0.381. The van der Waals surface area contributed by atoms with Gasteiger partial charge in [0.15, 0.2) is 0 Å². The summed E-state index contributed by atoms with van der Waals surface area (Å²) in [5.74, 6) is 1.37. The summed E-state index contributed by atoms with van der Waals surface area (Å²) in [6, 6.07) is 15.2. The number of methoxy groups -OCH3 is 1. The average Bonchev–Trinajstić information content (AvgIpc) is 2.72. The maximum atomic E-state index is 12.4. The van der Waals surface area contributed by atoms with E-state index in [4.69, 9.17) is 14.2 Å². The summed E-state index contributed by atoms with van der Waals surface area (Å²) in [4.78, 5) is 14.7. The van der Waals surface area contributed by atoms with Crippen LogP contribution in [-0.4, -0.2) is 57.4 Å². The summed E-state index contributed by atoms with van der Waals surface area (Å²) in [7, 11) is 1.62. The zero-order valence-electron chi connectivity index (χ0n) is 15.6. The largest absolute Gasteiger partial charge is 0.497 e. The molecule has 0 saturated carbocycles. The molecule has 1 amide bonds. The lowest BCUT2D eigenvalue weighted by Gasteiger charge is -2.26. The first-order chi connectivity index (χ1) is 13.2. The van der Waals surface area contributed by atoms with Crippen molar-refractivity contribution in [2.24, 2.45) is 0 Å². The normalized spacial score (nSPS) is 14.6. The number of amides is 1. The molecule has 2 aromatic rings. The highest BCUT2D eigenvalue weighted by Crippen LogP contribution is 2.18. The predicted molar refractivity (Wildman–Crippen MR) is 103 cm³/mol. The molecule has 1 heterocycles. The third-order valence-electron chi connectivity index (χ3n) is 4.40. The van der Waals surface area contributed by atoms with E-state index in [1.165, 1.54) is 0 Å². The molecule has 0 atom stereocenters. The lowest BCUT2D eigenvalue weighted by atomic mass is 10.1. The Kier molecular flexibility index (Phi) is 7.07. The van der Waals surface area contributed by atoms with Gasteiger partial charge in [-0.3, -0.25) is 9.69 Å². The Labute approximate surface area is 160 Å². The molecule has 0 aromatic heterocycles. The number of benzene rings is 2. The molecule has 1 aliphatic heterocycles. The molecule has 0 unspecified atom stereocenters. The molecule has 144 valence electrons. The third-order valence-corrected chi connectivity index (χ3v) is 4.40. The second-order valence-electron chi connectivity index (χ2n) is 6.37. The van der Waals surface area contributed by atoms with Gasteiger partial charge in [0.2, 0.25) is 0 Å². The number of hydrogen-bond donors (Lipinski definition) is 1. The van der Waals surface area contributed by atoms with Crippen LogP contribution in [0, 0.1) is 0 Å². The first-order valence-corrected chi connectivity index (χ1v) is 9.19. The standard InChI is InChI=1S/C21H26N2O4/c1-25-19-6-3-7-20(15-19)27-11-8-22-21(24)18-5-2-4-17(14-18)16-23-9-12-26-13-10-23/h2-7,14-15H,8-13,16H2,1H3,(H,22,24). The van der Waals surface area contributed by atoms with Crippen molar-refractivity contribution in [2.75, 3.05) is 46.6 Å². The molecular weight excluding hydrogens is 344 g/mol. The molecule has 6 nitrogen and oxygen atoms in total. The lowest BCUT2D eigenvalue weighted by Crippen LogP contribution is -2.35. The van der Waals surface area contributed by atoms with Gasteiger partial charge < -0.3 is 19.5 Å². The Bertz CT molecular complexity index is 744. The van der Waals surface area contributed by atoms with Gasteiger partial charge in [-0.05, 0) is 29.8 Å². The van der Waals surface area contributed by atoms with E-state index in [0.29, 0.717) is 18.7 Å². The molecule has 0 bridgehead atoms. The van der Waals surface area contributed by atoms with E-state index < -0.39 is 0 Å². The van der Waals surface area contributed by atoms with Crippen LogP contribution in [0.4, 0.5) is 0 Å². The van der Waals surface area contributed by atoms with Gasteiger partial charge in [0.05, 0.1) is 26.9 Å². The summed E-state index contributed by atoms with van der Waals surface area (Å²) >= 11 is 0. The molecule has 2 aromatic carbocycles. The van der Waals surface area contributed by atoms with Crippen molar-refractivity contribution in [3.05, 3.63) is 59.7 Å². The minimum Gasteiger partial charge on any atom is -0.497 e. The number of carbonyl (C=O) groups is 1. The van der Waals surface area contributed by atoms with E-state index in [1.807, 2.05) is 42.5 Å². The van der Waals surface area contributed by atoms with Crippen molar-refractivity contribution in [2.45, 2.75) is 6.54 Å². The van der Waals surface area contributed by atoms with E-state index >= 15 is 0 Å². The van der Waals surface area contributed by atoms with Crippen LogP contribution in [0.3, 0.4) is 0 Å². The first-order valence-electron chi connectivity index (χ1n) is 9.19. The highest BCUT2D eigenvalue weighted by molar-refractivity contribution is 5.94. The number of nitrogens with one attached hydrogen (secondary N) is 1. The number of ether oxygens (including phenoxy) is 3. The zero-order valence-corrected chi connectivity index (χ0v) is 15.6. The maximum absolute atomic E-state index is 12.4. The quantitative estimate of drug-likeness (QED) is 0.723. The predicted octanol–water partition coefficient (Wildman–Crippen LogP) is 2.34. The van der Waals surface area contributed by atoms with Gasteiger partial charge in [-0.1, -0.05) is 18.2 Å². The molecule has 3 rings (SSSR count). The minimum absolute atomic E-state index is 0.0898. The number of hydrogen-bond acceptors (Lipinski definition) is 5. The fourth-order valence-electron chi connectivity index (χ4n) is 2.95. The number of carbonyl (C=O) groups excluding carboxylic acids is 1. The smallest absolute Gasteiger partial charge is 0.251 e. The van der Waals surface area contributed by atoms with Crippen molar-refractivity contribution in [1.82, 2.24) is 10.2 Å². The van der Waals surface area contributed by atoms with Crippen LogP contribution in [0.5, 0.6) is 11.5 Å². The van der Waals surface area contributed by atoms with Crippen molar-refractivity contribution < 1.29 is 19.0 Å². The molecule has 1 N–H and O–H groups in total. The van der Waals surface area contributed by atoms with Crippen LogP contribution in [0.25, 0.3) is 0 Å². The van der Waals surface area contributed by atoms with Gasteiger partial charge >= 0.3 is 0 Å². The molecule has 27 heavy (non-hydrogen) atoms. The number of morpholine rings is 1. The first kappa shape index (κ1) is 19.2. The average molecular weight is 370 g/mol. The Morgan fingerprint density at radius 3 is 2.70 bits per heavy atom. The lowest BCUT2D eigenvalue weighted by molar-refractivity contribution is 0.0342. The van der Waals surface area contributed by atoms with Crippen LogP contribution < -0.4 is 14.8 Å². The van der Waals surface area contributed by atoms with Crippen LogP contribution in [-0.2, 0) is 11.3 Å². The highest BCUT2D eigenvalue weighted by Gasteiger charge is 2.12. The van der Waals surface area contributed by atoms with Gasteiger partial charge in [0, 0.05) is 31.3 Å². The van der Waals surface area contributed by atoms with Crippen LogP contribution in [0.15, 0.2) is 48.5 Å². The Balaban J connectivity index is 1.45. The monoisotopic (exact) mass is 370 g/mol. The summed E-state index contributed by atoms with van der Waals surface area (Å²) in [5, 5.41) is 2.90. The molecule has 1 aliphatic rings. The molecule has 6 heteroatoms. The van der Waals surface area contributed by atoms with Gasteiger partial charge in [-0.15, -0.1) is 0 Å². The SMILES string of the molecule is COc1cccc(OCCNC(=O)c2cccc(CN3CCOCC3)c2)c1. The summed E-state index contributed by atoms with van der Waals surface area (Å²) < 4.78 is 16.2. The molecule has 0 aliphatic carbocycles. The van der Waals surface area contributed by atoms with Crippen LogP contribution in [0.2, 0.25) is 0 Å². The van der Waals surface area contributed by atoms with Crippen LogP contribution in [0.1, 0.15) is 15.9 Å². The van der Waals surface area contributed by atoms with E-state index in [-0.39, 0.29) is 5.91 Å². The van der Waals surface area contributed by atoms with Crippen LogP contribution >= 0.6 is 0 Å². The summed E-state index contributed by atoms with van der Waals surface area (Å²) in [6.07, 6.45) is 0. The van der Waals surface area contributed by atoms with E-state index in [0.717, 1.165) is 49.9 Å². The summed E-state index contributed by atoms with van der Waals surface area (Å²) in [5.41, 5.74) is 1.80. The van der Waals surface area contributed by atoms with Gasteiger partial charge in [0.25, 0.3) is 5.91 Å². The van der Waals surface area contributed by atoms with Crippen molar-refractivity contribution in [3.63, 3.8) is 0 Å². The third kappa shape index (κ3) is 5.98. The molecule has 0 spiro atoms. The zero-order chi connectivity index (χ0) is 18.9. The minimum atomic E-state index is -0.0898. The Morgan fingerprint density at radius 1 is 1.11 bits per heavy atom. The van der Waals surface area contributed by atoms with E-state index in [1.54, 1.807) is 7.11 Å². The molecule has 1 fully saturated rings. The molecule has 0 radical (unpaired) electrons. The molecule has 1 saturated heterocycles. The van der Waals surface area contributed by atoms with E-state index in [2.05, 4.69) is 16.3 Å². The van der Waals surface area contributed by atoms with Gasteiger partial charge in [0.1, 0.15) is 18.1 Å². The van der Waals surface area contributed by atoms with Gasteiger partial charge in [-0.25, -0.2) is 0 Å². The second kappa shape index (κ2) is 9.94. The number of nitrogens with zero attached hydrogens (tertiary/aromatic N) is 1. The van der Waals surface area contributed by atoms with E-state index in [9.17, 15) is 4.79 Å². The Morgan fingerprint density at radius 2 is 1.89 bits per heavy atom. The Hall–Kier alpha value is -2.57. The maximum Gasteiger partial charge on any atom is 0.251 e. The second-order valence-corrected chi connectivity index (χ2v) is 6.37. The van der Waals surface area contributed by atoms with Crippen molar-refractivity contribution >= 4 is 5.91 Å². The number of rotatable bonds is 8. The topological polar surface area (TPSA) is 60.0 Å². The van der Waals surface area contributed by atoms with Crippen molar-refractivity contribution in [1.29, 1.82) is 0 Å². The van der Waals surface area contributed by atoms with Crippen molar-refractivity contribution in [3.8, 4) is 11.5 Å². The fourth-order valence-corrected chi connectivity index (χ4v) is 2.95. The summed E-state index contributed by atoms with van der Waals surface area (Å²) in [6.45, 7) is 5.07.